The minimum Gasteiger partial charge on any atom is -0.329 e. The fourth-order valence-corrected chi connectivity index (χ4v) is 1.95. The molecule has 0 saturated heterocycles. The molecule has 1 fully saturated rings. The summed E-state index contributed by atoms with van der Waals surface area (Å²) < 4.78 is 0. The summed E-state index contributed by atoms with van der Waals surface area (Å²) >= 11 is 0. The van der Waals surface area contributed by atoms with Crippen molar-refractivity contribution in [2.45, 2.75) is 45.6 Å². The van der Waals surface area contributed by atoms with E-state index >= 15 is 0 Å². The van der Waals surface area contributed by atoms with E-state index < -0.39 is 0 Å². The molecule has 1 aliphatic rings. The minimum atomic E-state index is 0.635. The largest absolute Gasteiger partial charge is 0.329 e. The molecule has 0 spiro atoms. The van der Waals surface area contributed by atoms with Crippen LogP contribution in [0.25, 0.3) is 0 Å². The molecule has 1 saturated carbocycles. The molecule has 1 unspecified atom stereocenters. The smallest absolute Gasteiger partial charge is 0.0218 e. The summed E-state index contributed by atoms with van der Waals surface area (Å²) in [5.74, 6) is 0.992. The Morgan fingerprint density at radius 1 is 1.38 bits per heavy atom. The maximum Gasteiger partial charge on any atom is 0.0218 e. The van der Waals surface area contributed by atoms with E-state index in [1.165, 1.54) is 38.8 Å². The molecule has 0 aromatic heterocycles. The van der Waals surface area contributed by atoms with Crippen LogP contribution in [0, 0.1) is 5.92 Å². The average molecular weight is 184 g/mol. The lowest BCUT2D eigenvalue weighted by Crippen LogP contribution is -2.41. The van der Waals surface area contributed by atoms with Gasteiger partial charge in [0.05, 0.1) is 0 Å². The summed E-state index contributed by atoms with van der Waals surface area (Å²) in [4.78, 5) is 2.57. The van der Waals surface area contributed by atoms with Gasteiger partial charge in [0.25, 0.3) is 0 Å². The lowest BCUT2D eigenvalue weighted by atomic mass is 10.1. The molecule has 1 rings (SSSR count). The van der Waals surface area contributed by atoms with E-state index in [4.69, 9.17) is 5.73 Å². The second-order valence-electron chi connectivity index (χ2n) is 4.21. The quantitative estimate of drug-likeness (QED) is 0.654. The van der Waals surface area contributed by atoms with Gasteiger partial charge < -0.3 is 5.73 Å². The number of hydrogen-bond donors (Lipinski definition) is 1. The van der Waals surface area contributed by atoms with Crippen LogP contribution in [0.4, 0.5) is 0 Å². The van der Waals surface area contributed by atoms with Crippen LogP contribution in [0.2, 0.25) is 0 Å². The summed E-state index contributed by atoms with van der Waals surface area (Å²) in [6.45, 7) is 7.78. The Kier molecular flexibility index (Phi) is 4.74. The normalized spacial score (nSPS) is 19.4. The van der Waals surface area contributed by atoms with Crippen molar-refractivity contribution in [2.24, 2.45) is 11.7 Å². The lowest BCUT2D eigenvalue weighted by molar-refractivity contribution is 0.191. The summed E-state index contributed by atoms with van der Waals surface area (Å²) in [7, 11) is 0. The van der Waals surface area contributed by atoms with Crippen LogP contribution in [-0.2, 0) is 0 Å². The van der Waals surface area contributed by atoms with Gasteiger partial charge in [-0.3, -0.25) is 4.90 Å². The first-order valence-corrected chi connectivity index (χ1v) is 5.75. The van der Waals surface area contributed by atoms with Gasteiger partial charge in [0.1, 0.15) is 0 Å². The van der Waals surface area contributed by atoms with Gasteiger partial charge in [-0.05, 0) is 31.7 Å². The zero-order chi connectivity index (χ0) is 9.68. The first-order chi connectivity index (χ1) is 6.31. The van der Waals surface area contributed by atoms with Crippen LogP contribution in [0.15, 0.2) is 0 Å². The topological polar surface area (TPSA) is 29.3 Å². The maximum atomic E-state index is 5.79. The minimum absolute atomic E-state index is 0.635. The predicted octanol–water partition coefficient (Wildman–Crippen LogP) is 1.85. The number of likely N-dealkylation sites (N-methyl/N-ethyl adjacent to an activating group) is 1. The van der Waals surface area contributed by atoms with E-state index in [1.807, 2.05) is 0 Å². The third-order valence-corrected chi connectivity index (χ3v) is 3.01. The monoisotopic (exact) mass is 184 g/mol. The van der Waals surface area contributed by atoms with E-state index in [1.54, 1.807) is 0 Å². The van der Waals surface area contributed by atoms with E-state index in [0.717, 1.165) is 12.5 Å². The molecule has 2 heteroatoms. The summed E-state index contributed by atoms with van der Waals surface area (Å²) in [6.07, 6.45) is 5.40. The summed E-state index contributed by atoms with van der Waals surface area (Å²) in [6, 6.07) is 0.635. The van der Waals surface area contributed by atoms with Crippen molar-refractivity contribution < 1.29 is 0 Å². The highest BCUT2D eigenvalue weighted by molar-refractivity contribution is 4.80. The highest BCUT2D eigenvalue weighted by Gasteiger charge is 2.26. The van der Waals surface area contributed by atoms with Gasteiger partial charge in [-0.2, -0.15) is 0 Å². The van der Waals surface area contributed by atoms with Gasteiger partial charge in [-0.25, -0.2) is 0 Å². The summed E-state index contributed by atoms with van der Waals surface area (Å²) in [5, 5.41) is 0. The van der Waals surface area contributed by atoms with Gasteiger partial charge in [-0.15, -0.1) is 0 Å². The zero-order valence-corrected chi connectivity index (χ0v) is 9.13. The van der Waals surface area contributed by atoms with Crippen LogP contribution in [0.3, 0.4) is 0 Å². The van der Waals surface area contributed by atoms with Gasteiger partial charge >= 0.3 is 0 Å². The molecule has 2 N–H and O–H groups in total. The number of rotatable bonds is 7. The van der Waals surface area contributed by atoms with Crippen molar-refractivity contribution in [3.8, 4) is 0 Å². The van der Waals surface area contributed by atoms with Crippen molar-refractivity contribution in [3.63, 3.8) is 0 Å². The Morgan fingerprint density at radius 2 is 2.08 bits per heavy atom. The molecule has 0 amide bonds. The Labute approximate surface area is 82.5 Å². The summed E-state index contributed by atoms with van der Waals surface area (Å²) in [5.41, 5.74) is 5.79. The van der Waals surface area contributed by atoms with Crippen LogP contribution >= 0.6 is 0 Å². The maximum absolute atomic E-state index is 5.79. The third-order valence-electron chi connectivity index (χ3n) is 3.01. The highest BCUT2D eigenvalue weighted by Crippen LogP contribution is 2.30. The molecule has 0 aromatic carbocycles. The predicted molar refractivity (Wildman–Crippen MR) is 57.7 cm³/mol. The first-order valence-electron chi connectivity index (χ1n) is 5.75. The van der Waals surface area contributed by atoms with E-state index in [-0.39, 0.29) is 0 Å². The number of nitrogens with two attached hydrogens (primary N) is 1. The van der Waals surface area contributed by atoms with E-state index in [0.29, 0.717) is 6.04 Å². The number of nitrogens with zero attached hydrogens (tertiary/aromatic N) is 1. The van der Waals surface area contributed by atoms with Crippen LogP contribution in [-0.4, -0.2) is 30.6 Å². The molecule has 1 aliphatic carbocycles. The molecule has 0 bridgehead atoms. The fraction of sp³-hybridized carbons (Fsp3) is 1.00. The second kappa shape index (κ2) is 5.61. The van der Waals surface area contributed by atoms with Crippen LogP contribution in [0.1, 0.15) is 39.5 Å². The Bertz CT molecular complexity index is 132. The molecular weight excluding hydrogens is 160 g/mol. The Hall–Kier alpha value is -0.0800. The standard InChI is InChI=1S/C11H24N2/c1-3-5-11(8-12)13(4-2)9-10-6-7-10/h10-11H,3-9,12H2,1-2H3. The number of hydrogen-bond acceptors (Lipinski definition) is 2. The van der Waals surface area contributed by atoms with Crippen molar-refractivity contribution in [1.82, 2.24) is 4.90 Å². The van der Waals surface area contributed by atoms with Gasteiger partial charge in [0, 0.05) is 19.1 Å². The highest BCUT2D eigenvalue weighted by atomic mass is 15.2. The van der Waals surface area contributed by atoms with Crippen LogP contribution in [0.5, 0.6) is 0 Å². The zero-order valence-electron chi connectivity index (χ0n) is 9.13. The van der Waals surface area contributed by atoms with Crippen LogP contribution < -0.4 is 5.73 Å². The fourth-order valence-electron chi connectivity index (χ4n) is 1.95. The molecule has 2 nitrogen and oxygen atoms in total. The van der Waals surface area contributed by atoms with Crippen molar-refractivity contribution in [2.75, 3.05) is 19.6 Å². The van der Waals surface area contributed by atoms with E-state index in [9.17, 15) is 0 Å². The van der Waals surface area contributed by atoms with Gasteiger partial charge in [0.2, 0.25) is 0 Å². The lowest BCUT2D eigenvalue weighted by Gasteiger charge is -2.29. The molecule has 0 heterocycles. The molecule has 0 radical (unpaired) electrons. The molecule has 1 atom stereocenters. The molecule has 78 valence electrons. The SMILES string of the molecule is CCCC(CN)N(CC)CC1CC1. The molecule has 0 aromatic rings. The van der Waals surface area contributed by atoms with Gasteiger partial charge in [0.15, 0.2) is 0 Å². The van der Waals surface area contributed by atoms with E-state index in [2.05, 4.69) is 18.7 Å². The Balaban J connectivity index is 2.30. The molecule has 0 aliphatic heterocycles. The second-order valence-corrected chi connectivity index (χ2v) is 4.21. The third kappa shape index (κ3) is 3.65. The first kappa shape index (κ1) is 11.0. The molecular formula is C11H24N2. The van der Waals surface area contributed by atoms with Crippen molar-refractivity contribution in [1.29, 1.82) is 0 Å². The van der Waals surface area contributed by atoms with Crippen molar-refractivity contribution in [3.05, 3.63) is 0 Å². The Morgan fingerprint density at radius 3 is 2.46 bits per heavy atom. The average Bonchev–Trinajstić information content (AvgIpc) is 2.94. The van der Waals surface area contributed by atoms with Crippen molar-refractivity contribution >= 4 is 0 Å². The molecule has 13 heavy (non-hydrogen) atoms. The van der Waals surface area contributed by atoms with Gasteiger partial charge in [-0.1, -0.05) is 20.3 Å².